The zero-order chi connectivity index (χ0) is 22.5. The Bertz CT molecular complexity index is 1150. The summed E-state index contributed by atoms with van der Waals surface area (Å²) in [6, 6.07) is 2.79. The Morgan fingerprint density at radius 2 is 2.13 bits per heavy atom. The van der Waals surface area contributed by atoms with E-state index in [-0.39, 0.29) is 41.7 Å². The van der Waals surface area contributed by atoms with Gasteiger partial charge in [0.2, 0.25) is 9.16 Å². The topological polar surface area (TPSA) is 89.9 Å². The van der Waals surface area contributed by atoms with Crippen molar-refractivity contribution in [3.8, 4) is 5.75 Å². The van der Waals surface area contributed by atoms with Gasteiger partial charge in [-0.1, -0.05) is 6.07 Å². The maximum absolute atomic E-state index is 13.8. The van der Waals surface area contributed by atoms with Crippen molar-refractivity contribution in [1.82, 2.24) is 14.8 Å². The number of ether oxygens (including phenoxy) is 2. The van der Waals surface area contributed by atoms with Crippen LogP contribution in [0, 0.1) is 11.6 Å². The van der Waals surface area contributed by atoms with Gasteiger partial charge in [0.25, 0.3) is 11.8 Å². The first-order valence-corrected chi connectivity index (χ1v) is 10.4. The standard InChI is InChI=1S/C20H18F2IN3O5/c1-10-8-31-20(23)9-25-7-13(16(27)17(30-2)15(25)19(29)26(10)20)18(28)24-6-11-3-4-12(21)5-14(11)22/h3-5,7,10H,6,8-9H2,1-2H3,(H,24,28)/t10-,20-/m0/s1. The molecule has 2 aliphatic rings. The van der Waals surface area contributed by atoms with Crippen molar-refractivity contribution in [2.75, 3.05) is 13.7 Å². The fourth-order valence-electron chi connectivity index (χ4n) is 3.79. The highest BCUT2D eigenvalue weighted by atomic mass is 127. The molecular weight excluding hydrogens is 527 g/mol. The van der Waals surface area contributed by atoms with Gasteiger partial charge in [0, 0.05) is 24.4 Å². The molecule has 1 aromatic heterocycles. The minimum Gasteiger partial charge on any atom is -0.491 e. The Balaban J connectivity index is 1.69. The maximum atomic E-state index is 13.8. The SMILES string of the molecule is COc1c2n(cc(C(=O)NCc3ccc(F)cc3F)c1=O)C[C@@]1(I)OC[C@H](C)N1C2=O. The van der Waals surface area contributed by atoms with Gasteiger partial charge in [-0.05, 0) is 35.6 Å². The summed E-state index contributed by atoms with van der Waals surface area (Å²) < 4.78 is 38.4. The molecule has 1 N–H and O–H groups in total. The number of halogens is 3. The molecule has 8 nitrogen and oxygen atoms in total. The molecule has 1 saturated heterocycles. The average molecular weight is 545 g/mol. The van der Waals surface area contributed by atoms with Crippen LogP contribution in [0.15, 0.2) is 29.2 Å². The molecule has 31 heavy (non-hydrogen) atoms. The van der Waals surface area contributed by atoms with Gasteiger partial charge in [-0.3, -0.25) is 19.3 Å². The summed E-state index contributed by atoms with van der Waals surface area (Å²) in [4.78, 5) is 40.3. The van der Waals surface area contributed by atoms with Gasteiger partial charge in [0.15, 0.2) is 11.4 Å². The second-order valence-corrected chi connectivity index (χ2v) is 9.01. The quantitative estimate of drug-likeness (QED) is 0.361. The first kappa shape index (κ1) is 21.7. The van der Waals surface area contributed by atoms with Crippen molar-refractivity contribution in [2.24, 2.45) is 0 Å². The molecule has 164 valence electrons. The number of methoxy groups -OCH3 is 1. The highest BCUT2D eigenvalue weighted by Gasteiger charge is 2.52. The molecule has 0 unspecified atom stereocenters. The molecular formula is C20H18F2IN3O5. The van der Waals surface area contributed by atoms with Crippen LogP contribution in [-0.4, -0.2) is 44.8 Å². The summed E-state index contributed by atoms with van der Waals surface area (Å²) in [6.45, 7) is 2.11. The molecule has 11 heteroatoms. The number of hydrogen-bond donors (Lipinski definition) is 1. The molecule has 1 aromatic carbocycles. The molecule has 0 aliphatic carbocycles. The minimum absolute atomic E-state index is 0.0401. The smallest absolute Gasteiger partial charge is 0.277 e. The van der Waals surface area contributed by atoms with Gasteiger partial charge in [0.05, 0.1) is 26.3 Å². The van der Waals surface area contributed by atoms with Gasteiger partial charge in [-0.25, -0.2) is 8.78 Å². The predicted molar refractivity (Wildman–Crippen MR) is 113 cm³/mol. The molecule has 2 atom stereocenters. The second kappa shape index (κ2) is 7.86. The number of amides is 2. The zero-order valence-electron chi connectivity index (χ0n) is 16.6. The molecule has 2 aromatic rings. The third-order valence-corrected chi connectivity index (χ3v) is 6.45. The first-order chi connectivity index (χ1) is 14.7. The maximum Gasteiger partial charge on any atom is 0.277 e. The van der Waals surface area contributed by atoms with Gasteiger partial charge in [0.1, 0.15) is 17.2 Å². The summed E-state index contributed by atoms with van der Waals surface area (Å²) >= 11 is 2.03. The molecule has 0 bridgehead atoms. The van der Waals surface area contributed by atoms with Gasteiger partial charge < -0.3 is 19.4 Å². The van der Waals surface area contributed by atoms with E-state index in [2.05, 4.69) is 5.32 Å². The van der Waals surface area contributed by atoms with Crippen LogP contribution in [0.4, 0.5) is 8.78 Å². The Hall–Kier alpha value is -2.54. The summed E-state index contributed by atoms with van der Waals surface area (Å²) in [5.41, 5.74) is -0.924. The van der Waals surface area contributed by atoms with Crippen molar-refractivity contribution >= 4 is 34.4 Å². The van der Waals surface area contributed by atoms with Crippen LogP contribution in [0.5, 0.6) is 5.75 Å². The highest BCUT2D eigenvalue weighted by Crippen LogP contribution is 2.41. The molecule has 2 amide bonds. The Morgan fingerprint density at radius 3 is 2.81 bits per heavy atom. The molecule has 4 rings (SSSR count). The summed E-state index contributed by atoms with van der Waals surface area (Å²) in [5, 5.41) is 2.45. The molecule has 2 aliphatic heterocycles. The number of fused-ring (bicyclic) bond motifs is 2. The lowest BCUT2D eigenvalue weighted by atomic mass is 10.1. The van der Waals surface area contributed by atoms with Gasteiger partial charge in [-0.2, -0.15) is 0 Å². The van der Waals surface area contributed by atoms with Crippen LogP contribution < -0.4 is 15.5 Å². The zero-order valence-corrected chi connectivity index (χ0v) is 18.7. The lowest BCUT2D eigenvalue weighted by molar-refractivity contribution is -0.00598. The average Bonchev–Trinajstić information content (AvgIpc) is 3.02. The van der Waals surface area contributed by atoms with E-state index in [9.17, 15) is 23.2 Å². The monoisotopic (exact) mass is 545 g/mol. The van der Waals surface area contributed by atoms with E-state index in [0.717, 1.165) is 6.07 Å². The number of benzene rings is 1. The first-order valence-electron chi connectivity index (χ1n) is 9.36. The molecule has 0 radical (unpaired) electrons. The third-order valence-electron chi connectivity index (χ3n) is 5.27. The van der Waals surface area contributed by atoms with E-state index in [0.29, 0.717) is 12.7 Å². The number of aromatic nitrogens is 1. The van der Waals surface area contributed by atoms with Crippen LogP contribution in [0.3, 0.4) is 0 Å². The third kappa shape index (κ3) is 3.59. The number of nitrogens with zero attached hydrogens (tertiary/aromatic N) is 2. The van der Waals surface area contributed by atoms with E-state index in [1.54, 1.807) is 4.90 Å². The number of nitrogens with one attached hydrogen (secondary N) is 1. The van der Waals surface area contributed by atoms with E-state index >= 15 is 0 Å². The molecule has 3 heterocycles. The van der Waals surface area contributed by atoms with Crippen LogP contribution in [0.25, 0.3) is 0 Å². The van der Waals surface area contributed by atoms with E-state index < -0.39 is 32.6 Å². The van der Waals surface area contributed by atoms with Crippen LogP contribution in [-0.2, 0) is 17.8 Å². The minimum atomic E-state index is -0.952. The Morgan fingerprint density at radius 1 is 1.39 bits per heavy atom. The van der Waals surface area contributed by atoms with Crippen molar-refractivity contribution in [3.63, 3.8) is 0 Å². The summed E-state index contributed by atoms with van der Waals surface area (Å²) in [7, 11) is 1.25. The number of alkyl halides is 1. The van der Waals surface area contributed by atoms with E-state index in [1.807, 2.05) is 29.5 Å². The Kier molecular flexibility index (Phi) is 5.50. The molecule has 1 fully saturated rings. The van der Waals surface area contributed by atoms with Crippen molar-refractivity contribution < 1.29 is 27.8 Å². The van der Waals surface area contributed by atoms with Crippen LogP contribution >= 0.6 is 22.6 Å². The van der Waals surface area contributed by atoms with Crippen LogP contribution in [0.1, 0.15) is 33.3 Å². The second-order valence-electron chi connectivity index (χ2n) is 7.32. The fraction of sp³-hybridized carbons (Fsp3) is 0.350. The van der Waals surface area contributed by atoms with Gasteiger partial charge in [-0.15, -0.1) is 0 Å². The highest BCUT2D eigenvalue weighted by molar-refractivity contribution is 14.1. The normalized spacial score (nSPS) is 22.2. The van der Waals surface area contributed by atoms with E-state index in [1.165, 1.54) is 23.9 Å². The molecule has 0 saturated carbocycles. The van der Waals surface area contributed by atoms with Crippen LogP contribution in [0.2, 0.25) is 0 Å². The number of carbonyl (C=O) groups is 2. The lowest BCUT2D eigenvalue weighted by Crippen LogP contribution is -2.54. The summed E-state index contributed by atoms with van der Waals surface area (Å²) in [5.74, 6) is -3.01. The lowest BCUT2D eigenvalue weighted by Gasteiger charge is -2.40. The molecule has 0 spiro atoms. The number of pyridine rings is 1. The van der Waals surface area contributed by atoms with Gasteiger partial charge >= 0.3 is 0 Å². The fourth-order valence-corrected chi connectivity index (χ4v) is 5.03. The van der Waals surface area contributed by atoms with Crippen molar-refractivity contribution in [3.05, 3.63) is 63.1 Å². The Labute approximate surface area is 189 Å². The summed E-state index contributed by atoms with van der Waals surface area (Å²) in [6.07, 6.45) is 1.28. The number of carbonyl (C=O) groups excluding carboxylic acids is 2. The van der Waals surface area contributed by atoms with E-state index in [4.69, 9.17) is 9.47 Å². The number of rotatable bonds is 4. The van der Waals surface area contributed by atoms with Crippen molar-refractivity contribution in [2.45, 2.75) is 29.8 Å². The largest absolute Gasteiger partial charge is 0.491 e. The predicted octanol–water partition coefficient (Wildman–Crippen LogP) is 2.03. The number of hydrogen-bond acceptors (Lipinski definition) is 5. The van der Waals surface area contributed by atoms with Crippen molar-refractivity contribution in [1.29, 1.82) is 0 Å².